The monoisotopic (exact) mass is 316 g/mol. The molecule has 0 aliphatic carbocycles. The highest BCUT2D eigenvalue weighted by Crippen LogP contribution is 2.23. The van der Waals surface area contributed by atoms with Crippen molar-refractivity contribution < 1.29 is 19.4 Å². The topological polar surface area (TPSA) is 71.8 Å². The summed E-state index contributed by atoms with van der Waals surface area (Å²) in [5, 5.41) is 10.3. The standard InChI is InChI=1S/C17H20N2O4/c1-2-18-10-12(13-5-3-4-6-14(13)18)9-16(20)19-7-8-23-11-15(19)17(21)22/h3-6,10,15H,2,7-9,11H2,1H3,(H,21,22)/t15-/m0/s1. The van der Waals surface area contributed by atoms with Gasteiger partial charge in [-0.3, -0.25) is 4.79 Å². The van der Waals surface area contributed by atoms with Crippen LogP contribution in [0.4, 0.5) is 0 Å². The summed E-state index contributed by atoms with van der Waals surface area (Å²) in [6, 6.07) is 7.06. The minimum atomic E-state index is -1.02. The smallest absolute Gasteiger partial charge is 0.328 e. The molecule has 1 aromatic heterocycles. The molecule has 0 unspecified atom stereocenters. The summed E-state index contributed by atoms with van der Waals surface area (Å²) in [5.41, 5.74) is 2.03. The maximum atomic E-state index is 12.6. The van der Waals surface area contributed by atoms with Crippen LogP contribution < -0.4 is 0 Å². The Labute approximate surface area is 134 Å². The summed E-state index contributed by atoms with van der Waals surface area (Å²) < 4.78 is 7.29. The molecule has 2 aromatic rings. The lowest BCUT2D eigenvalue weighted by Gasteiger charge is -2.32. The van der Waals surface area contributed by atoms with E-state index in [1.807, 2.05) is 30.5 Å². The van der Waals surface area contributed by atoms with E-state index >= 15 is 0 Å². The molecular weight excluding hydrogens is 296 g/mol. The van der Waals surface area contributed by atoms with Gasteiger partial charge >= 0.3 is 5.97 Å². The van der Waals surface area contributed by atoms with Crippen molar-refractivity contribution in [2.75, 3.05) is 19.8 Å². The fraction of sp³-hybridized carbons (Fsp3) is 0.412. The summed E-state index contributed by atoms with van der Waals surface area (Å²) in [6.07, 6.45) is 2.19. The summed E-state index contributed by atoms with van der Waals surface area (Å²) in [7, 11) is 0. The number of fused-ring (bicyclic) bond motifs is 1. The van der Waals surface area contributed by atoms with Crippen LogP contribution in [0.3, 0.4) is 0 Å². The van der Waals surface area contributed by atoms with Gasteiger partial charge in [-0.1, -0.05) is 18.2 Å². The maximum absolute atomic E-state index is 12.6. The number of nitrogens with zero attached hydrogens (tertiary/aromatic N) is 2. The number of hydrogen-bond acceptors (Lipinski definition) is 3. The fourth-order valence-corrected chi connectivity index (χ4v) is 3.10. The summed E-state index contributed by atoms with van der Waals surface area (Å²) in [5.74, 6) is -1.19. The lowest BCUT2D eigenvalue weighted by molar-refractivity contribution is -0.157. The molecule has 0 bridgehead atoms. The molecule has 3 rings (SSSR count). The zero-order valence-corrected chi connectivity index (χ0v) is 13.1. The van der Waals surface area contributed by atoms with Crippen LogP contribution in [0, 0.1) is 0 Å². The number of rotatable bonds is 4. The van der Waals surface area contributed by atoms with Crippen LogP contribution in [-0.2, 0) is 27.3 Å². The zero-order chi connectivity index (χ0) is 16.4. The fourth-order valence-electron chi connectivity index (χ4n) is 3.10. The van der Waals surface area contributed by atoms with Crippen LogP contribution in [0.1, 0.15) is 12.5 Å². The lowest BCUT2D eigenvalue weighted by Crippen LogP contribution is -2.53. The number of carbonyl (C=O) groups is 2. The molecule has 1 aliphatic heterocycles. The molecule has 6 heteroatoms. The molecule has 0 saturated carbocycles. The van der Waals surface area contributed by atoms with Crippen molar-refractivity contribution in [2.45, 2.75) is 25.9 Å². The summed E-state index contributed by atoms with van der Waals surface area (Å²) in [4.78, 5) is 25.3. The molecule has 0 radical (unpaired) electrons. The van der Waals surface area contributed by atoms with Crippen LogP contribution in [0.25, 0.3) is 10.9 Å². The van der Waals surface area contributed by atoms with Crippen molar-refractivity contribution in [3.8, 4) is 0 Å². The Balaban J connectivity index is 1.86. The molecule has 1 amide bonds. The highest BCUT2D eigenvalue weighted by molar-refractivity contribution is 5.91. The first-order valence-electron chi connectivity index (χ1n) is 7.78. The van der Waals surface area contributed by atoms with E-state index in [9.17, 15) is 14.7 Å². The molecule has 1 aromatic carbocycles. The Kier molecular flexibility index (Phi) is 4.34. The number of morpholine rings is 1. The summed E-state index contributed by atoms with van der Waals surface area (Å²) >= 11 is 0. The first-order chi connectivity index (χ1) is 11.1. The van der Waals surface area contributed by atoms with Crippen LogP contribution in [-0.4, -0.2) is 52.3 Å². The molecule has 1 saturated heterocycles. The average Bonchev–Trinajstić information content (AvgIpc) is 2.93. The van der Waals surface area contributed by atoms with Gasteiger partial charge in [-0.05, 0) is 18.6 Å². The van der Waals surface area contributed by atoms with Crippen molar-refractivity contribution in [1.29, 1.82) is 0 Å². The second-order valence-electron chi connectivity index (χ2n) is 5.65. The maximum Gasteiger partial charge on any atom is 0.328 e. The highest BCUT2D eigenvalue weighted by Gasteiger charge is 2.32. The quantitative estimate of drug-likeness (QED) is 0.928. The van der Waals surface area contributed by atoms with Gasteiger partial charge in [0.2, 0.25) is 5.91 Å². The largest absolute Gasteiger partial charge is 0.480 e. The molecule has 122 valence electrons. The summed E-state index contributed by atoms with van der Waals surface area (Å²) in [6.45, 7) is 3.64. The van der Waals surface area contributed by atoms with Crippen molar-refractivity contribution in [2.24, 2.45) is 0 Å². The Hall–Kier alpha value is -2.34. The third-order valence-electron chi connectivity index (χ3n) is 4.29. The molecule has 1 atom stereocenters. The molecule has 1 fully saturated rings. The third kappa shape index (κ3) is 2.94. The van der Waals surface area contributed by atoms with E-state index in [4.69, 9.17) is 4.74 Å². The second-order valence-corrected chi connectivity index (χ2v) is 5.65. The van der Waals surface area contributed by atoms with Gasteiger partial charge in [-0.25, -0.2) is 4.79 Å². The molecule has 1 N–H and O–H groups in total. The number of benzene rings is 1. The predicted molar refractivity (Wildman–Crippen MR) is 85.3 cm³/mol. The number of aromatic nitrogens is 1. The molecule has 1 aliphatic rings. The van der Waals surface area contributed by atoms with E-state index in [2.05, 4.69) is 11.5 Å². The number of para-hydroxylation sites is 1. The molecule has 2 heterocycles. The number of ether oxygens (including phenoxy) is 1. The number of hydrogen-bond donors (Lipinski definition) is 1. The first kappa shape index (κ1) is 15.6. The normalized spacial score (nSPS) is 18.3. The second kappa shape index (κ2) is 6.42. The predicted octanol–water partition coefficient (Wildman–Crippen LogP) is 1.52. The number of carboxylic acid groups (broad SMARTS) is 1. The highest BCUT2D eigenvalue weighted by atomic mass is 16.5. The van der Waals surface area contributed by atoms with Gasteiger partial charge in [0.15, 0.2) is 6.04 Å². The average molecular weight is 316 g/mol. The number of aliphatic carboxylic acids is 1. The van der Waals surface area contributed by atoms with Gasteiger partial charge in [0.25, 0.3) is 0 Å². The van der Waals surface area contributed by atoms with Gasteiger partial charge in [0.05, 0.1) is 19.6 Å². The van der Waals surface area contributed by atoms with E-state index in [0.717, 1.165) is 23.0 Å². The minimum Gasteiger partial charge on any atom is -0.480 e. The SMILES string of the molecule is CCn1cc(CC(=O)N2CCOC[C@H]2C(=O)O)c2ccccc21. The number of carboxylic acids is 1. The Morgan fingerprint density at radius 2 is 2.13 bits per heavy atom. The Morgan fingerprint density at radius 1 is 1.35 bits per heavy atom. The van der Waals surface area contributed by atoms with Crippen molar-refractivity contribution in [3.05, 3.63) is 36.0 Å². The Bertz CT molecular complexity index is 737. The molecule has 6 nitrogen and oxygen atoms in total. The third-order valence-corrected chi connectivity index (χ3v) is 4.29. The van der Waals surface area contributed by atoms with Gasteiger partial charge < -0.3 is 19.3 Å². The van der Waals surface area contributed by atoms with Crippen molar-refractivity contribution in [3.63, 3.8) is 0 Å². The van der Waals surface area contributed by atoms with Crippen LogP contribution in [0.5, 0.6) is 0 Å². The van der Waals surface area contributed by atoms with Crippen molar-refractivity contribution in [1.82, 2.24) is 9.47 Å². The van der Waals surface area contributed by atoms with E-state index in [1.165, 1.54) is 4.90 Å². The number of carbonyl (C=O) groups excluding carboxylic acids is 1. The van der Waals surface area contributed by atoms with Crippen LogP contribution in [0.2, 0.25) is 0 Å². The van der Waals surface area contributed by atoms with Gasteiger partial charge in [-0.2, -0.15) is 0 Å². The number of amides is 1. The molecule has 0 spiro atoms. The number of aryl methyl sites for hydroxylation is 1. The minimum absolute atomic E-state index is 0.0534. The van der Waals surface area contributed by atoms with E-state index in [-0.39, 0.29) is 18.9 Å². The molecular formula is C17H20N2O4. The lowest BCUT2D eigenvalue weighted by atomic mass is 10.1. The van der Waals surface area contributed by atoms with Gasteiger partial charge in [0, 0.05) is 30.2 Å². The van der Waals surface area contributed by atoms with Crippen molar-refractivity contribution >= 4 is 22.8 Å². The Morgan fingerprint density at radius 3 is 2.87 bits per heavy atom. The van der Waals surface area contributed by atoms with E-state index in [1.54, 1.807) is 0 Å². The first-order valence-corrected chi connectivity index (χ1v) is 7.78. The van der Waals surface area contributed by atoms with Crippen LogP contribution >= 0.6 is 0 Å². The van der Waals surface area contributed by atoms with Gasteiger partial charge in [0.1, 0.15) is 0 Å². The van der Waals surface area contributed by atoms with Crippen LogP contribution in [0.15, 0.2) is 30.5 Å². The van der Waals surface area contributed by atoms with E-state index in [0.29, 0.717) is 13.2 Å². The van der Waals surface area contributed by atoms with E-state index < -0.39 is 12.0 Å². The van der Waals surface area contributed by atoms with Gasteiger partial charge in [-0.15, -0.1) is 0 Å². The molecule has 23 heavy (non-hydrogen) atoms. The zero-order valence-electron chi connectivity index (χ0n) is 13.1.